The second-order valence-corrected chi connectivity index (χ2v) is 6.35. The number of carbonyl (C=O) groups excluding carboxylic acids is 2. The first kappa shape index (κ1) is 20.1. The first-order valence-corrected chi connectivity index (χ1v) is 8.84. The molecule has 2 rings (SSSR count). The second kappa shape index (κ2) is 10.7. The molecule has 1 aromatic heterocycles. The summed E-state index contributed by atoms with van der Waals surface area (Å²) in [6.07, 6.45) is 2.30. The number of hydrogen-bond donors (Lipinski definition) is 3. The predicted molar refractivity (Wildman–Crippen MR) is 101 cm³/mol. The molecule has 0 saturated carbocycles. The van der Waals surface area contributed by atoms with Crippen molar-refractivity contribution in [3.05, 3.63) is 51.7 Å². The van der Waals surface area contributed by atoms with Gasteiger partial charge < -0.3 is 15.4 Å². The lowest BCUT2D eigenvalue weighted by molar-refractivity contribution is -0.120. The van der Waals surface area contributed by atoms with Crippen LogP contribution < -0.4 is 16.0 Å². The van der Waals surface area contributed by atoms with Crippen LogP contribution in [0.15, 0.2) is 41.1 Å². The number of ether oxygens (including phenoxy) is 1. The molecule has 0 bridgehead atoms. The minimum absolute atomic E-state index is 0.0264. The fraction of sp³-hybridized carbons (Fsp3) is 0.250. The summed E-state index contributed by atoms with van der Waals surface area (Å²) in [5.41, 5.74) is 0.914. The summed E-state index contributed by atoms with van der Waals surface area (Å²) >= 11 is 9.22. The van der Waals surface area contributed by atoms with Crippen molar-refractivity contribution in [2.75, 3.05) is 25.0 Å². The maximum Gasteiger partial charge on any atom is 0.414 e. The number of nitrogens with zero attached hydrogens (tertiary/aromatic N) is 2. The third-order valence-electron chi connectivity index (χ3n) is 3.05. The van der Waals surface area contributed by atoms with Gasteiger partial charge >= 0.3 is 6.09 Å². The zero-order valence-electron chi connectivity index (χ0n) is 13.7. The fourth-order valence-corrected chi connectivity index (χ4v) is 2.26. The molecule has 8 nitrogen and oxygen atoms in total. The Balaban J connectivity index is 1.56. The third kappa shape index (κ3) is 7.34. The quantitative estimate of drug-likeness (QED) is 0.542. The number of amides is 2. The summed E-state index contributed by atoms with van der Waals surface area (Å²) in [6, 6.07) is 7.40. The second-order valence-electron chi connectivity index (χ2n) is 5.03. The van der Waals surface area contributed by atoms with Gasteiger partial charge in [-0.15, -0.1) is 0 Å². The maximum atomic E-state index is 11.7. The molecular weight excluding hydrogens is 426 g/mol. The topological polar surface area (TPSA) is 105 Å². The average Bonchev–Trinajstić information content (AvgIpc) is 2.62. The van der Waals surface area contributed by atoms with E-state index in [0.29, 0.717) is 16.0 Å². The molecule has 0 aliphatic heterocycles. The number of halogens is 2. The first-order valence-electron chi connectivity index (χ1n) is 7.67. The zero-order chi connectivity index (χ0) is 18.8. The number of carbonyl (C=O) groups is 2. The molecule has 0 atom stereocenters. The van der Waals surface area contributed by atoms with Gasteiger partial charge in [-0.3, -0.25) is 10.1 Å². The highest BCUT2D eigenvalue weighted by molar-refractivity contribution is 9.10. The molecule has 0 aliphatic rings. The van der Waals surface area contributed by atoms with Gasteiger partial charge in [0.25, 0.3) is 0 Å². The molecule has 0 fully saturated rings. The molecule has 0 aliphatic carbocycles. The van der Waals surface area contributed by atoms with E-state index in [4.69, 9.17) is 16.3 Å². The van der Waals surface area contributed by atoms with Gasteiger partial charge in [-0.2, -0.15) is 0 Å². The number of anilines is 1. The van der Waals surface area contributed by atoms with E-state index in [1.54, 1.807) is 6.07 Å². The minimum Gasteiger partial charge on any atom is -0.447 e. The fourth-order valence-electron chi connectivity index (χ4n) is 1.85. The van der Waals surface area contributed by atoms with E-state index in [0.717, 1.165) is 5.56 Å². The van der Waals surface area contributed by atoms with E-state index in [1.807, 2.05) is 18.2 Å². The minimum atomic E-state index is -0.696. The molecule has 1 heterocycles. The summed E-state index contributed by atoms with van der Waals surface area (Å²) in [7, 11) is 0. The van der Waals surface area contributed by atoms with Gasteiger partial charge in [-0.25, -0.2) is 14.8 Å². The Labute approximate surface area is 163 Å². The highest BCUT2D eigenvalue weighted by Crippen LogP contribution is 2.14. The van der Waals surface area contributed by atoms with Crippen LogP contribution in [0, 0.1) is 0 Å². The van der Waals surface area contributed by atoms with Crippen molar-refractivity contribution in [2.45, 2.75) is 6.54 Å². The molecule has 0 unspecified atom stereocenters. The van der Waals surface area contributed by atoms with Crippen LogP contribution in [0.25, 0.3) is 0 Å². The summed E-state index contributed by atoms with van der Waals surface area (Å²) in [5.74, 6) is -0.0803. The third-order valence-corrected chi connectivity index (χ3v) is 3.83. The standard InChI is InChI=1S/C16H17BrClN5O3/c17-12-8-21-15(22-9-12)23-16(25)26-6-5-20-14(24)10-19-7-11-3-1-2-4-13(11)18/h1-4,8-9,19H,5-7,10H2,(H,20,24)(H,21,22,23,25). The van der Waals surface area contributed by atoms with E-state index < -0.39 is 6.09 Å². The van der Waals surface area contributed by atoms with Crippen molar-refractivity contribution < 1.29 is 14.3 Å². The molecule has 0 radical (unpaired) electrons. The molecule has 26 heavy (non-hydrogen) atoms. The van der Waals surface area contributed by atoms with Gasteiger partial charge in [-0.05, 0) is 27.6 Å². The highest BCUT2D eigenvalue weighted by Gasteiger charge is 2.06. The largest absolute Gasteiger partial charge is 0.447 e. The normalized spacial score (nSPS) is 10.2. The van der Waals surface area contributed by atoms with Crippen LogP contribution in [-0.4, -0.2) is 41.7 Å². The van der Waals surface area contributed by atoms with Crippen LogP contribution in [0.5, 0.6) is 0 Å². The van der Waals surface area contributed by atoms with Crippen molar-refractivity contribution in [1.29, 1.82) is 0 Å². The van der Waals surface area contributed by atoms with Gasteiger partial charge in [0.15, 0.2) is 0 Å². The van der Waals surface area contributed by atoms with E-state index >= 15 is 0 Å². The molecule has 10 heteroatoms. The predicted octanol–water partition coefficient (Wildman–Crippen LogP) is 2.35. The summed E-state index contributed by atoms with van der Waals surface area (Å²) < 4.78 is 5.62. The summed E-state index contributed by atoms with van der Waals surface area (Å²) in [4.78, 5) is 31.0. The van der Waals surface area contributed by atoms with Crippen LogP contribution in [0.3, 0.4) is 0 Å². The van der Waals surface area contributed by atoms with Gasteiger partial charge in [0.05, 0.1) is 17.6 Å². The Morgan fingerprint density at radius 2 is 1.92 bits per heavy atom. The smallest absolute Gasteiger partial charge is 0.414 e. The Morgan fingerprint density at radius 1 is 1.19 bits per heavy atom. The molecule has 2 aromatic rings. The summed E-state index contributed by atoms with van der Waals surface area (Å²) in [5, 5.41) is 8.65. The van der Waals surface area contributed by atoms with Crippen molar-refractivity contribution >= 4 is 45.5 Å². The van der Waals surface area contributed by atoms with Crippen molar-refractivity contribution in [3.8, 4) is 0 Å². The monoisotopic (exact) mass is 441 g/mol. The zero-order valence-corrected chi connectivity index (χ0v) is 16.0. The molecular formula is C16H17BrClN5O3. The number of aromatic nitrogens is 2. The number of rotatable bonds is 8. The van der Waals surface area contributed by atoms with Crippen LogP contribution in [-0.2, 0) is 16.1 Å². The Bertz CT molecular complexity index is 745. The lowest BCUT2D eigenvalue weighted by atomic mass is 10.2. The highest BCUT2D eigenvalue weighted by atomic mass is 79.9. The van der Waals surface area contributed by atoms with Crippen LogP contribution in [0.4, 0.5) is 10.7 Å². The number of hydrogen-bond acceptors (Lipinski definition) is 6. The van der Waals surface area contributed by atoms with Gasteiger partial charge in [0, 0.05) is 24.0 Å². The summed E-state index contributed by atoms with van der Waals surface area (Å²) in [6.45, 7) is 0.836. The molecule has 1 aromatic carbocycles. The Hall–Kier alpha value is -2.23. The molecule has 0 spiro atoms. The van der Waals surface area contributed by atoms with E-state index in [9.17, 15) is 9.59 Å². The maximum absolute atomic E-state index is 11.7. The molecule has 3 N–H and O–H groups in total. The average molecular weight is 443 g/mol. The van der Waals surface area contributed by atoms with Crippen molar-refractivity contribution in [3.63, 3.8) is 0 Å². The van der Waals surface area contributed by atoms with E-state index in [1.165, 1.54) is 12.4 Å². The van der Waals surface area contributed by atoms with Gasteiger partial charge in [0.2, 0.25) is 11.9 Å². The van der Waals surface area contributed by atoms with Gasteiger partial charge in [0.1, 0.15) is 6.61 Å². The first-order chi connectivity index (χ1) is 12.5. The van der Waals surface area contributed by atoms with Crippen LogP contribution >= 0.6 is 27.5 Å². The lowest BCUT2D eigenvalue weighted by Crippen LogP contribution is -2.36. The Kier molecular flexibility index (Phi) is 8.26. The van der Waals surface area contributed by atoms with Gasteiger partial charge in [-0.1, -0.05) is 29.8 Å². The van der Waals surface area contributed by atoms with E-state index in [2.05, 4.69) is 41.8 Å². The SMILES string of the molecule is O=C(CNCc1ccccc1Cl)NCCOC(=O)Nc1ncc(Br)cn1. The van der Waals surface area contributed by atoms with Crippen LogP contribution in [0.2, 0.25) is 5.02 Å². The van der Waals surface area contributed by atoms with E-state index in [-0.39, 0.29) is 31.6 Å². The Morgan fingerprint density at radius 3 is 2.65 bits per heavy atom. The number of nitrogens with one attached hydrogen (secondary N) is 3. The van der Waals surface area contributed by atoms with Crippen molar-refractivity contribution in [1.82, 2.24) is 20.6 Å². The van der Waals surface area contributed by atoms with Crippen molar-refractivity contribution in [2.24, 2.45) is 0 Å². The molecule has 0 saturated heterocycles. The van der Waals surface area contributed by atoms with Crippen LogP contribution in [0.1, 0.15) is 5.56 Å². The lowest BCUT2D eigenvalue weighted by Gasteiger charge is -2.09. The number of benzene rings is 1. The molecule has 2 amide bonds. The molecule has 138 valence electrons.